The summed E-state index contributed by atoms with van der Waals surface area (Å²) in [5.41, 5.74) is 3.35. The normalized spacial score (nSPS) is 11.1. The van der Waals surface area contributed by atoms with Crippen molar-refractivity contribution in [1.82, 2.24) is 15.2 Å². The van der Waals surface area contributed by atoms with Crippen molar-refractivity contribution in [2.75, 3.05) is 40.8 Å². The summed E-state index contributed by atoms with van der Waals surface area (Å²) in [6, 6.07) is 6.21. The molecule has 0 fully saturated rings. The minimum Gasteiger partial charge on any atom is -0.496 e. The minimum absolute atomic E-state index is 0.921. The van der Waals surface area contributed by atoms with E-state index >= 15 is 0 Å². The third kappa shape index (κ3) is 4.80. The van der Waals surface area contributed by atoms with Gasteiger partial charge in [0.1, 0.15) is 5.75 Å². The maximum Gasteiger partial charge on any atom is 0.121 e. The Bertz CT molecular complexity index is 595. The summed E-state index contributed by atoms with van der Waals surface area (Å²) in [5, 5.41) is 6.76. The highest BCUT2D eigenvalue weighted by Crippen LogP contribution is 2.27. The number of ether oxygens (including phenoxy) is 1. The maximum atomic E-state index is 5.30. The van der Waals surface area contributed by atoms with Crippen molar-refractivity contribution in [3.05, 3.63) is 34.2 Å². The Morgan fingerprint density at radius 3 is 2.77 bits per heavy atom. The molecule has 2 aromatic rings. The highest BCUT2D eigenvalue weighted by atomic mass is 32.1. The Morgan fingerprint density at radius 2 is 2.09 bits per heavy atom. The molecule has 5 heteroatoms. The molecular formula is C17H25N3OS. The fraction of sp³-hybridized carbons (Fsp3) is 0.471. The van der Waals surface area contributed by atoms with Crippen LogP contribution in [0.25, 0.3) is 11.3 Å². The number of nitrogens with one attached hydrogen (secondary N) is 1. The second-order valence-corrected chi connectivity index (χ2v) is 6.56. The molecule has 0 atom stereocenters. The van der Waals surface area contributed by atoms with Gasteiger partial charge in [-0.25, -0.2) is 4.98 Å². The van der Waals surface area contributed by atoms with Gasteiger partial charge in [0, 0.05) is 37.0 Å². The molecule has 1 N–H and O–H groups in total. The molecule has 0 aliphatic rings. The van der Waals surface area contributed by atoms with E-state index in [2.05, 4.69) is 48.7 Å². The fourth-order valence-corrected chi connectivity index (χ4v) is 3.03. The van der Waals surface area contributed by atoms with Crippen molar-refractivity contribution in [1.29, 1.82) is 0 Å². The summed E-state index contributed by atoms with van der Waals surface area (Å²) >= 11 is 1.73. The maximum absolute atomic E-state index is 5.30. The largest absolute Gasteiger partial charge is 0.496 e. The molecule has 4 nitrogen and oxygen atoms in total. The Hall–Kier alpha value is -1.43. The zero-order chi connectivity index (χ0) is 15.9. The summed E-state index contributed by atoms with van der Waals surface area (Å²) in [4.78, 5) is 6.92. The zero-order valence-corrected chi connectivity index (χ0v) is 14.7. The number of thiazole rings is 1. The van der Waals surface area contributed by atoms with E-state index in [1.165, 1.54) is 5.01 Å². The molecule has 22 heavy (non-hydrogen) atoms. The van der Waals surface area contributed by atoms with Gasteiger partial charge >= 0.3 is 0 Å². The summed E-state index contributed by atoms with van der Waals surface area (Å²) in [7, 11) is 5.88. The Balaban J connectivity index is 1.89. The number of rotatable bonds is 8. The van der Waals surface area contributed by atoms with Crippen LogP contribution in [0.15, 0.2) is 23.6 Å². The summed E-state index contributed by atoms with van der Waals surface area (Å²) in [5.74, 6) is 0.921. The molecule has 0 amide bonds. The molecule has 1 aromatic heterocycles. The number of methoxy groups -OCH3 is 1. The SMILES string of the molecule is COc1ccc(-c2csc(CCNCCN(C)C)n2)cc1C. The van der Waals surface area contributed by atoms with Crippen molar-refractivity contribution in [3.8, 4) is 17.0 Å². The zero-order valence-electron chi connectivity index (χ0n) is 13.8. The molecule has 120 valence electrons. The van der Waals surface area contributed by atoms with Gasteiger partial charge in [-0.1, -0.05) is 0 Å². The number of hydrogen-bond acceptors (Lipinski definition) is 5. The van der Waals surface area contributed by atoms with Crippen molar-refractivity contribution >= 4 is 11.3 Å². The van der Waals surface area contributed by atoms with Gasteiger partial charge in [0.2, 0.25) is 0 Å². The highest BCUT2D eigenvalue weighted by molar-refractivity contribution is 7.09. The van der Waals surface area contributed by atoms with Gasteiger partial charge in [-0.15, -0.1) is 11.3 Å². The Morgan fingerprint density at radius 1 is 1.27 bits per heavy atom. The van der Waals surface area contributed by atoms with Crippen LogP contribution in [0.2, 0.25) is 0 Å². The predicted octanol–water partition coefficient (Wildman–Crippen LogP) is 2.82. The molecule has 0 unspecified atom stereocenters. The van der Waals surface area contributed by atoms with Crippen LogP contribution in [0, 0.1) is 6.92 Å². The van der Waals surface area contributed by atoms with E-state index in [1.54, 1.807) is 18.4 Å². The minimum atomic E-state index is 0.921. The lowest BCUT2D eigenvalue weighted by Gasteiger charge is -2.09. The second-order valence-electron chi connectivity index (χ2n) is 5.61. The predicted molar refractivity (Wildman–Crippen MR) is 94.0 cm³/mol. The Labute approximate surface area is 137 Å². The molecule has 0 aliphatic heterocycles. The topological polar surface area (TPSA) is 37.4 Å². The van der Waals surface area contributed by atoms with Crippen LogP contribution in [0.5, 0.6) is 5.75 Å². The first-order valence-corrected chi connectivity index (χ1v) is 8.43. The molecule has 1 heterocycles. The third-order valence-electron chi connectivity index (χ3n) is 3.49. The van der Waals surface area contributed by atoms with Crippen LogP contribution in [-0.4, -0.2) is 50.7 Å². The van der Waals surface area contributed by atoms with Crippen molar-refractivity contribution in [3.63, 3.8) is 0 Å². The third-order valence-corrected chi connectivity index (χ3v) is 4.40. The first-order chi connectivity index (χ1) is 10.6. The number of nitrogens with zero attached hydrogens (tertiary/aromatic N) is 2. The molecule has 0 spiro atoms. The van der Waals surface area contributed by atoms with Crippen molar-refractivity contribution in [2.45, 2.75) is 13.3 Å². The lowest BCUT2D eigenvalue weighted by Crippen LogP contribution is -2.27. The number of aromatic nitrogens is 1. The van der Waals surface area contributed by atoms with Crippen LogP contribution in [0.1, 0.15) is 10.6 Å². The first kappa shape index (κ1) is 16.9. The van der Waals surface area contributed by atoms with Gasteiger partial charge in [0.15, 0.2) is 0 Å². The average Bonchev–Trinajstić information content (AvgIpc) is 2.95. The van der Waals surface area contributed by atoms with Crippen LogP contribution in [0.3, 0.4) is 0 Å². The molecule has 0 aliphatic carbocycles. The van der Waals surface area contributed by atoms with E-state index in [9.17, 15) is 0 Å². The van der Waals surface area contributed by atoms with E-state index < -0.39 is 0 Å². The van der Waals surface area contributed by atoms with Gasteiger partial charge in [-0.05, 0) is 44.8 Å². The van der Waals surface area contributed by atoms with E-state index in [-0.39, 0.29) is 0 Å². The fourth-order valence-electron chi connectivity index (χ4n) is 2.22. The van der Waals surface area contributed by atoms with E-state index in [4.69, 9.17) is 9.72 Å². The Kier molecular flexibility index (Phi) is 6.36. The van der Waals surface area contributed by atoms with E-state index in [0.717, 1.165) is 48.6 Å². The molecule has 0 saturated heterocycles. The van der Waals surface area contributed by atoms with Crippen molar-refractivity contribution in [2.24, 2.45) is 0 Å². The second kappa shape index (κ2) is 8.27. The standard InChI is InChI=1S/C17H25N3OS/c1-13-11-14(5-6-16(13)21-4)15-12-22-17(19-15)7-8-18-9-10-20(2)3/h5-6,11-12,18H,7-10H2,1-4H3. The molecule has 0 radical (unpaired) electrons. The number of likely N-dealkylation sites (N-methyl/N-ethyl adjacent to an activating group) is 1. The quantitative estimate of drug-likeness (QED) is 0.759. The van der Waals surface area contributed by atoms with Gasteiger partial charge in [0.25, 0.3) is 0 Å². The van der Waals surface area contributed by atoms with E-state index in [0.29, 0.717) is 0 Å². The van der Waals surface area contributed by atoms with Gasteiger partial charge in [-0.2, -0.15) is 0 Å². The first-order valence-electron chi connectivity index (χ1n) is 7.55. The lowest BCUT2D eigenvalue weighted by atomic mass is 10.1. The van der Waals surface area contributed by atoms with Gasteiger partial charge in [-0.3, -0.25) is 0 Å². The summed E-state index contributed by atoms with van der Waals surface area (Å²) in [6.45, 7) is 5.11. The van der Waals surface area contributed by atoms with E-state index in [1.807, 2.05) is 6.07 Å². The van der Waals surface area contributed by atoms with Crippen LogP contribution in [-0.2, 0) is 6.42 Å². The summed E-state index contributed by atoms with van der Waals surface area (Å²) in [6.07, 6.45) is 0.979. The molecule has 0 saturated carbocycles. The van der Waals surface area contributed by atoms with Gasteiger partial charge in [0.05, 0.1) is 17.8 Å². The average molecular weight is 319 g/mol. The smallest absolute Gasteiger partial charge is 0.121 e. The monoisotopic (exact) mass is 319 g/mol. The number of aryl methyl sites for hydroxylation is 1. The highest BCUT2D eigenvalue weighted by Gasteiger charge is 2.07. The summed E-state index contributed by atoms with van der Waals surface area (Å²) < 4.78 is 5.30. The van der Waals surface area contributed by atoms with Crippen LogP contribution >= 0.6 is 11.3 Å². The van der Waals surface area contributed by atoms with Crippen LogP contribution < -0.4 is 10.1 Å². The van der Waals surface area contributed by atoms with Crippen LogP contribution in [0.4, 0.5) is 0 Å². The molecule has 1 aromatic carbocycles. The molecule has 0 bridgehead atoms. The number of benzene rings is 1. The lowest BCUT2D eigenvalue weighted by molar-refractivity contribution is 0.401. The number of hydrogen-bond donors (Lipinski definition) is 1. The molecular weight excluding hydrogens is 294 g/mol. The van der Waals surface area contributed by atoms with Crippen molar-refractivity contribution < 1.29 is 4.74 Å². The molecule has 2 rings (SSSR count). The van der Waals surface area contributed by atoms with Gasteiger partial charge < -0.3 is 15.0 Å².